The Morgan fingerprint density at radius 3 is 2.81 bits per heavy atom. The maximum Gasteiger partial charge on any atom is 0.155 e. The van der Waals surface area contributed by atoms with Crippen LogP contribution in [0, 0.1) is 0 Å². The third-order valence-corrected chi connectivity index (χ3v) is 3.89. The number of halogens is 1. The molecule has 0 fully saturated rings. The number of benzene rings is 1. The molecule has 0 radical (unpaired) electrons. The normalized spacial score (nSPS) is 11.2. The summed E-state index contributed by atoms with van der Waals surface area (Å²) in [5, 5.41) is 3.51. The number of nitrogens with zero attached hydrogens (tertiary/aromatic N) is 3. The highest BCUT2D eigenvalue weighted by Gasteiger charge is 2.08. The van der Waals surface area contributed by atoms with Gasteiger partial charge in [0.1, 0.15) is 4.60 Å². The summed E-state index contributed by atoms with van der Waals surface area (Å²) in [6.07, 6.45) is 5.58. The van der Waals surface area contributed by atoms with Crippen LogP contribution in [0.5, 0.6) is 0 Å². The molecule has 4 nitrogen and oxygen atoms in total. The highest BCUT2D eigenvalue weighted by Crippen LogP contribution is 2.24. The molecule has 0 spiro atoms. The summed E-state index contributed by atoms with van der Waals surface area (Å²) in [6, 6.07) is 8.43. The van der Waals surface area contributed by atoms with E-state index in [4.69, 9.17) is 0 Å². The summed E-state index contributed by atoms with van der Waals surface area (Å²) in [7, 11) is 0. The monoisotopic (exact) mass is 344 g/mol. The van der Waals surface area contributed by atoms with E-state index in [1.54, 1.807) is 6.20 Å². The second-order valence-electron chi connectivity index (χ2n) is 5.28. The molecular formula is C16H17BrN4. The summed E-state index contributed by atoms with van der Waals surface area (Å²) < 4.78 is 2.85. The molecular weight excluding hydrogens is 328 g/mol. The highest BCUT2D eigenvalue weighted by atomic mass is 79.9. The Hall–Kier alpha value is -1.88. The number of fused-ring (bicyclic) bond motifs is 1. The molecule has 0 bridgehead atoms. The van der Waals surface area contributed by atoms with E-state index >= 15 is 0 Å². The van der Waals surface area contributed by atoms with E-state index in [-0.39, 0.29) is 0 Å². The van der Waals surface area contributed by atoms with Gasteiger partial charge in [-0.2, -0.15) is 0 Å². The van der Waals surface area contributed by atoms with Crippen molar-refractivity contribution in [2.75, 3.05) is 5.32 Å². The molecule has 1 aromatic carbocycles. The Labute approximate surface area is 132 Å². The van der Waals surface area contributed by atoms with Crippen LogP contribution in [0.15, 0.2) is 47.5 Å². The van der Waals surface area contributed by atoms with Gasteiger partial charge < -0.3 is 5.32 Å². The lowest BCUT2D eigenvalue weighted by Gasteiger charge is -2.14. The van der Waals surface area contributed by atoms with Crippen molar-refractivity contribution in [3.63, 3.8) is 0 Å². The Bertz CT molecular complexity index is 764. The summed E-state index contributed by atoms with van der Waals surface area (Å²) in [4.78, 5) is 8.56. The first kappa shape index (κ1) is 14.1. The fourth-order valence-electron chi connectivity index (χ4n) is 2.39. The van der Waals surface area contributed by atoms with Gasteiger partial charge in [-0.25, -0.2) is 9.97 Å². The molecule has 0 saturated heterocycles. The van der Waals surface area contributed by atoms with Crippen LogP contribution < -0.4 is 5.32 Å². The van der Waals surface area contributed by atoms with Crippen molar-refractivity contribution in [3.05, 3.63) is 58.7 Å². The molecule has 2 aromatic heterocycles. The van der Waals surface area contributed by atoms with Gasteiger partial charge in [-0.15, -0.1) is 0 Å². The van der Waals surface area contributed by atoms with E-state index in [1.807, 2.05) is 16.8 Å². The van der Waals surface area contributed by atoms with Crippen molar-refractivity contribution in [1.29, 1.82) is 0 Å². The number of imidazole rings is 1. The van der Waals surface area contributed by atoms with Crippen LogP contribution in [-0.4, -0.2) is 14.4 Å². The minimum atomic E-state index is 0.495. The Morgan fingerprint density at radius 1 is 1.19 bits per heavy atom. The summed E-state index contributed by atoms with van der Waals surface area (Å²) in [5.41, 5.74) is 4.46. The molecule has 0 saturated carbocycles. The lowest BCUT2D eigenvalue weighted by molar-refractivity contribution is 0.863. The highest BCUT2D eigenvalue weighted by molar-refractivity contribution is 9.10. The molecule has 0 aliphatic carbocycles. The van der Waals surface area contributed by atoms with Gasteiger partial charge in [-0.3, -0.25) is 4.40 Å². The van der Waals surface area contributed by atoms with Gasteiger partial charge in [0.25, 0.3) is 0 Å². The summed E-state index contributed by atoms with van der Waals surface area (Å²) >= 11 is 3.40. The predicted octanol–water partition coefficient (Wildman–Crippen LogP) is 4.23. The lowest BCUT2D eigenvalue weighted by Crippen LogP contribution is -2.05. The van der Waals surface area contributed by atoms with E-state index in [0.29, 0.717) is 5.92 Å². The van der Waals surface area contributed by atoms with Gasteiger partial charge in [0.05, 0.1) is 24.6 Å². The van der Waals surface area contributed by atoms with Crippen LogP contribution in [0.25, 0.3) is 5.65 Å². The maximum absolute atomic E-state index is 4.37. The van der Waals surface area contributed by atoms with Gasteiger partial charge in [-0.1, -0.05) is 32.0 Å². The summed E-state index contributed by atoms with van der Waals surface area (Å²) in [5.74, 6) is 0.495. The zero-order chi connectivity index (χ0) is 14.8. The molecule has 3 rings (SSSR count). The zero-order valence-corrected chi connectivity index (χ0v) is 13.6. The molecule has 0 amide bonds. The van der Waals surface area contributed by atoms with Crippen molar-refractivity contribution in [2.24, 2.45) is 0 Å². The molecule has 0 unspecified atom stereocenters. The second kappa shape index (κ2) is 5.85. The first-order valence-electron chi connectivity index (χ1n) is 6.95. The molecule has 0 aliphatic heterocycles. The minimum Gasteiger partial charge on any atom is -0.379 e. The molecule has 0 atom stereocenters. The molecule has 2 heterocycles. The Morgan fingerprint density at radius 2 is 2.00 bits per heavy atom. The average molecular weight is 345 g/mol. The number of aromatic nitrogens is 3. The number of nitrogens with one attached hydrogen (secondary N) is 1. The van der Waals surface area contributed by atoms with Gasteiger partial charge in [0.2, 0.25) is 0 Å². The van der Waals surface area contributed by atoms with Gasteiger partial charge in [0, 0.05) is 11.9 Å². The van der Waals surface area contributed by atoms with Gasteiger partial charge >= 0.3 is 0 Å². The zero-order valence-electron chi connectivity index (χ0n) is 12.0. The molecule has 5 heteroatoms. The smallest absolute Gasteiger partial charge is 0.155 e. The predicted molar refractivity (Wildman–Crippen MR) is 88.5 cm³/mol. The molecule has 1 N–H and O–H groups in total. The van der Waals surface area contributed by atoms with E-state index in [0.717, 1.165) is 22.5 Å². The van der Waals surface area contributed by atoms with E-state index in [9.17, 15) is 0 Å². The van der Waals surface area contributed by atoms with E-state index < -0.39 is 0 Å². The van der Waals surface area contributed by atoms with Crippen molar-refractivity contribution in [2.45, 2.75) is 26.3 Å². The number of hydrogen-bond donors (Lipinski definition) is 1. The average Bonchev–Trinajstić information content (AvgIpc) is 2.87. The van der Waals surface area contributed by atoms with Crippen LogP contribution >= 0.6 is 15.9 Å². The van der Waals surface area contributed by atoms with E-state index in [1.165, 1.54) is 11.3 Å². The standard InChI is InChI=1S/C16H17BrN4/c1-11(2)13-5-3-4-6-14(13)18-7-12-8-20-16-9-19-15(17)10-21(12)16/h3-6,8-11,18H,7H2,1-2H3. The molecule has 21 heavy (non-hydrogen) atoms. The topological polar surface area (TPSA) is 42.2 Å². The van der Waals surface area contributed by atoms with Gasteiger partial charge in [0.15, 0.2) is 5.65 Å². The Balaban J connectivity index is 1.85. The minimum absolute atomic E-state index is 0.495. The largest absolute Gasteiger partial charge is 0.379 e. The van der Waals surface area contributed by atoms with Crippen LogP contribution in [0.2, 0.25) is 0 Å². The van der Waals surface area contributed by atoms with Crippen molar-refractivity contribution < 1.29 is 0 Å². The first-order valence-corrected chi connectivity index (χ1v) is 7.74. The number of para-hydroxylation sites is 1. The summed E-state index contributed by atoms with van der Waals surface area (Å²) in [6.45, 7) is 5.14. The second-order valence-corrected chi connectivity index (χ2v) is 6.10. The molecule has 3 aromatic rings. The molecule has 0 aliphatic rings. The quantitative estimate of drug-likeness (QED) is 0.770. The van der Waals surface area contributed by atoms with Crippen molar-refractivity contribution in [1.82, 2.24) is 14.4 Å². The third-order valence-electron chi connectivity index (χ3n) is 3.48. The SMILES string of the molecule is CC(C)c1ccccc1NCc1cnc2cnc(Br)cn12. The third kappa shape index (κ3) is 2.93. The van der Waals surface area contributed by atoms with Crippen LogP contribution in [0.3, 0.4) is 0 Å². The van der Waals surface area contributed by atoms with Crippen LogP contribution in [0.1, 0.15) is 31.0 Å². The van der Waals surface area contributed by atoms with Crippen molar-refractivity contribution in [3.8, 4) is 0 Å². The number of rotatable bonds is 4. The lowest BCUT2D eigenvalue weighted by atomic mass is 10.0. The molecule has 108 valence electrons. The van der Waals surface area contributed by atoms with E-state index in [2.05, 4.69) is 69.3 Å². The number of hydrogen-bond acceptors (Lipinski definition) is 3. The Kier molecular flexibility index (Phi) is 3.92. The fraction of sp³-hybridized carbons (Fsp3) is 0.250. The first-order chi connectivity index (χ1) is 10.1. The maximum atomic E-state index is 4.37. The van der Waals surface area contributed by atoms with Crippen molar-refractivity contribution >= 4 is 27.3 Å². The van der Waals surface area contributed by atoms with Crippen LogP contribution in [-0.2, 0) is 6.54 Å². The number of anilines is 1. The fourth-order valence-corrected chi connectivity index (χ4v) is 2.70. The van der Waals surface area contributed by atoms with Crippen LogP contribution in [0.4, 0.5) is 5.69 Å². The van der Waals surface area contributed by atoms with Gasteiger partial charge in [-0.05, 0) is 33.5 Å².